The molecule has 1 heterocycles. The van der Waals surface area contributed by atoms with Gasteiger partial charge in [0.2, 0.25) is 0 Å². The Balaban J connectivity index is 1.74. The lowest BCUT2D eigenvalue weighted by Gasteiger charge is -2.10. The van der Waals surface area contributed by atoms with Gasteiger partial charge in [0.25, 0.3) is 0 Å². The van der Waals surface area contributed by atoms with Gasteiger partial charge in [-0.05, 0) is 38.2 Å². The maximum Gasteiger partial charge on any atom is 0.159 e. The Morgan fingerprint density at radius 1 is 0.897 bits per heavy atom. The van der Waals surface area contributed by atoms with Gasteiger partial charge in [0.05, 0.1) is 25.1 Å². The minimum absolute atomic E-state index is 0.254. The highest BCUT2D eigenvalue weighted by atomic mass is 16.5. The summed E-state index contributed by atoms with van der Waals surface area (Å²) in [6, 6.07) is 8.24. The fourth-order valence-corrected chi connectivity index (χ4v) is 3.50. The van der Waals surface area contributed by atoms with Gasteiger partial charge in [0.1, 0.15) is 0 Å². The predicted octanol–water partition coefficient (Wildman–Crippen LogP) is 6.37. The highest BCUT2D eigenvalue weighted by Crippen LogP contribution is 2.23. The molecular formula is C25H38N2O2. The van der Waals surface area contributed by atoms with Gasteiger partial charge >= 0.3 is 0 Å². The molecule has 1 aromatic carbocycles. The molecule has 1 aromatic heterocycles. The molecule has 0 aliphatic carbocycles. The molecule has 29 heavy (non-hydrogen) atoms. The molecule has 0 saturated heterocycles. The van der Waals surface area contributed by atoms with Gasteiger partial charge in [-0.1, -0.05) is 76.1 Å². The van der Waals surface area contributed by atoms with E-state index < -0.39 is 0 Å². The third kappa shape index (κ3) is 9.40. The van der Waals surface area contributed by atoms with E-state index >= 15 is 0 Å². The Labute approximate surface area is 176 Å². The third-order valence-electron chi connectivity index (χ3n) is 5.22. The smallest absolute Gasteiger partial charge is 0.159 e. The molecule has 0 saturated carbocycles. The van der Waals surface area contributed by atoms with E-state index in [4.69, 9.17) is 4.74 Å². The maximum absolute atomic E-state index is 9.47. The van der Waals surface area contributed by atoms with Crippen LogP contribution in [0, 0.1) is 0 Å². The van der Waals surface area contributed by atoms with Crippen molar-refractivity contribution < 1.29 is 9.84 Å². The first-order valence-corrected chi connectivity index (χ1v) is 11.4. The number of benzene rings is 1. The summed E-state index contributed by atoms with van der Waals surface area (Å²) in [7, 11) is 0. The van der Waals surface area contributed by atoms with Crippen molar-refractivity contribution in [3.8, 4) is 17.1 Å². The summed E-state index contributed by atoms with van der Waals surface area (Å²) in [5.74, 6) is 1.47. The average Bonchev–Trinajstić information content (AvgIpc) is 2.73. The van der Waals surface area contributed by atoms with Crippen molar-refractivity contribution in [2.24, 2.45) is 0 Å². The van der Waals surface area contributed by atoms with Crippen molar-refractivity contribution in [3.05, 3.63) is 42.2 Å². The van der Waals surface area contributed by atoms with E-state index in [-0.39, 0.29) is 6.10 Å². The summed E-state index contributed by atoms with van der Waals surface area (Å²) < 4.78 is 5.81. The minimum Gasteiger partial charge on any atom is -0.490 e. The standard InChI is InChI=1S/C25H38N2O2/c1-3-4-5-6-7-8-9-12-18-29-23-19-26-25(27-20-23)24-17-11-10-15-22(24)16-13-14-21(2)28/h10-11,15,17,19-21,28H,3-9,12-14,16,18H2,1-2H3. The summed E-state index contributed by atoms with van der Waals surface area (Å²) >= 11 is 0. The second-order valence-corrected chi connectivity index (χ2v) is 7.96. The second-order valence-electron chi connectivity index (χ2n) is 7.96. The van der Waals surface area contributed by atoms with E-state index in [1.54, 1.807) is 12.4 Å². The van der Waals surface area contributed by atoms with Crippen LogP contribution in [-0.4, -0.2) is 27.8 Å². The predicted molar refractivity (Wildman–Crippen MR) is 120 cm³/mol. The van der Waals surface area contributed by atoms with Crippen LogP contribution in [0.2, 0.25) is 0 Å². The quantitative estimate of drug-likeness (QED) is 0.354. The highest BCUT2D eigenvalue weighted by molar-refractivity contribution is 5.60. The van der Waals surface area contributed by atoms with Crippen LogP contribution in [0.5, 0.6) is 5.75 Å². The van der Waals surface area contributed by atoms with E-state index in [9.17, 15) is 5.11 Å². The Kier molecular flexibility index (Phi) is 11.4. The first-order valence-electron chi connectivity index (χ1n) is 11.4. The van der Waals surface area contributed by atoms with Crippen molar-refractivity contribution in [1.29, 1.82) is 0 Å². The van der Waals surface area contributed by atoms with Crippen molar-refractivity contribution in [2.45, 2.75) is 90.6 Å². The van der Waals surface area contributed by atoms with Gasteiger partial charge in [-0.3, -0.25) is 0 Å². The van der Waals surface area contributed by atoms with E-state index in [1.165, 1.54) is 50.5 Å². The largest absolute Gasteiger partial charge is 0.490 e. The van der Waals surface area contributed by atoms with Crippen LogP contribution < -0.4 is 4.74 Å². The molecule has 0 bridgehead atoms. The van der Waals surface area contributed by atoms with E-state index in [2.05, 4.69) is 29.0 Å². The molecular weight excluding hydrogens is 360 g/mol. The lowest BCUT2D eigenvalue weighted by Crippen LogP contribution is -2.02. The normalized spacial score (nSPS) is 12.1. The molecule has 0 aliphatic heterocycles. The van der Waals surface area contributed by atoms with Crippen molar-refractivity contribution >= 4 is 0 Å². The Morgan fingerprint density at radius 3 is 2.24 bits per heavy atom. The van der Waals surface area contributed by atoms with Gasteiger partial charge in [-0.2, -0.15) is 0 Å². The average molecular weight is 399 g/mol. The third-order valence-corrected chi connectivity index (χ3v) is 5.22. The fraction of sp³-hybridized carbons (Fsp3) is 0.600. The zero-order valence-corrected chi connectivity index (χ0v) is 18.3. The molecule has 1 N–H and O–H groups in total. The molecule has 0 aliphatic rings. The Bertz CT molecular complexity index is 671. The second kappa shape index (κ2) is 14.1. The number of hydrogen-bond acceptors (Lipinski definition) is 4. The number of unbranched alkanes of at least 4 members (excludes halogenated alkanes) is 7. The molecule has 0 fully saturated rings. The summed E-state index contributed by atoms with van der Waals surface area (Å²) in [4.78, 5) is 9.05. The number of aromatic nitrogens is 2. The van der Waals surface area contributed by atoms with Crippen LogP contribution in [0.3, 0.4) is 0 Å². The van der Waals surface area contributed by atoms with Crippen LogP contribution in [0.25, 0.3) is 11.4 Å². The Hall–Kier alpha value is -1.94. The fourth-order valence-electron chi connectivity index (χ4n) is 3.50. The molecule has 1 unspecified atom stereocenters. The molecule has 0 amide bonds. The zero-order valence-electron chi connectivity index (χ0n) is 18.3. The molecule has 0 radical (unpaired) electrons. The van der Waals surface area contributed by atoms with Crippen LogP contribution in [-0.2, 0) is 6.42 Å². The van der Waals surface area contributed by atoms with Gasteiger partial charge in [-0.25, -0.2) is 9.97 Å². The Morgan fingerprint density at radius 2 is 1.55 bits per heavy atom. The summed E-state index contributed by atoms with van der Waals surface area (Å²) in [5, 5.41) is 9.47. The summed E-state index contributed by atoms with van der Waals surface area (Å²) in [6.07, 6.45) is 16.3. The molecule has 2 rings (SSSR count). The van der Waals surface area contributed by atoms with Crippen molar-refractivity contribution in [3.63, 3.8) is 0 Å². The van der Waals surface area contributed by atoms with Crippen LogP contribution >= 0.6 is 0 Å². The van der Waals surface area contributed by atoms with Crippen molar-refractivity contribution in [1.82, 2.24) is 9.97 Å². The van der Waals surface area contributed by atoms with Gasteiger partial charge in [0, 0.05) is 5.56 Å². The minimum atomic E-state index is -0.254. The lowest BCUT2D eigenvalue weighted by atomic mass is 10.0. The lowest BCUT2D eigenvalue weighted by molar-refractivity contribution is 0.182. The maximum atomic E-state index is 9.47. The number of hydrogen-bond donors (Lipinski definition) is 1. The number of nitrogens with zero attached hydrogens (tertiary/aromatic N) is 2. The SMILES string of the molecule is CCCCCCCCCCOc1cnc(-c2ccccc2CCCC(C)O)nc1. The zero-order chi connectivity index (χ0) is 20.7. The van der Waals surface area contributed by atoms with Gasteiger partial charge in [0.15, 0.2) is 11.6 Å². The number of aliphatic hydroxyl groups is 1. The van der Waals surface area contributed by atoms with Crippen LogP contribution in [0.4, 0.5) is 0 Å². The van der Waals surface area contributed by atoms with Gasteiger partial charge in [-0.15, -0.1) is 0 Å². The molecule has 2 aromatic rings. The van der Waals surface area contributed by atoms with E-state index in [0.29, 0.717) is 0 Å². The molecule has 1 atom stereocenters. The summed E-state index contributed by atoms with van der Waals surface area (Å²) in [5.41, 5.74) is 2.29. The molecule has 4 heteroatoms. The van der Waals surface area contributed by atoms with Crippen molar-refractivity contribution in [2.75, 3.05) is 6.61 Å². The first-order chi connectivity index (χ1) is 14.2. The number of aliphatic hydroxyl groups excluding tert-OH is 1. The van der Waals surface area contributed by atoms with E-state index in [0.717, 1.165) is 49.4 Å². The van der Waals surface area contributed by atoms with Gasteiger partial charge < -0.3 is 9.84 Å². The van der Waals surface area contributed by atoms with E-state index in [1.807, 2.05) is 19.1 Å². The van der Waals surface area contributed by atoms with Crippen LogP contribution in [0.1, 0.15) is 83.6 Å². The highest BCUT2D eigenvalue weighted by Gasteiger charge is 2.08. The number of ether oxygens (including phenoxy) is 1. The van der Waals surface area contributed by atoms with Crippen LogP contribution in [0.15, 0.2) is 36.7 Å². The summed E-state index contributed by atoms with van der Waals surface area (Å²) in [6.45, 7) is 4.82. The molecule has 0 spiro atoms. The molecule has 4 nitrogen and oxygen atoms in total. The number of aryl methyl sites for hydroxylation is 1. The molecule has 160 valence electrons. The topological polar surface area (TPSA) is 55.2 Å². The first kappa shape index (κ1) is 23.3. The monoisotopic (exact) mass is 398 g/mol. The number of rotatable bonds is 15.